The van der Waals surface area contributed by atoms with Crippen LogP contribution < -0.4 is 15.4 Å². The fourth-order valence-corrected chi connectivity index (χ4v) is 4.66. The number of aliphatic hydroxyl groups excluding tert-OH is 1. The molecule has 0 bridgehead atoms. The average molecular weight is 551 g/mol. The maximum absolute atomic E-state index is 13.8. The number of nitrogens with one attached hydrogen (secondary N) is 3. The van der Waals surface area contributed by atoms with Crippen molar-refractivity contribution in [2.75, 3.05) is 13.2 Å². The first-order valence-electron chi connectivity index (χ1n) is 13.6. The Morgan fingerprint density at radius 2 is 1.80 bits per heavy atom. The molecule has 1 amide bonds. The third-order valence-corrected chi connectivity index (χ3v) is 6.67. The van der Waals surface area contributed by atoms with Crippen molar-refractivity contribution in [3.05, 3.63) is 94.8 Å². The van der Waals surface area contributed by atoms with Crippen LogP contribution in [0.15, 0.2) is 60.7 Å². The fraction of sp³-hybridized carbons (Fsp3) is 0.355. The van der Waals surface area contributed by atoms with E-state index in [1.54, 1.807) is 0 Å². The summed E-state index contributed by atoms with van der Waals surface area (Å²) in [6.07, 6.45) is 0.480. The number of H-pyrrole nitrogens is 1. The smallest absolute Gasteiger partial charge is 0.220 e. The molecule has 0 saturated carbocycles. The summed E-state index contributed by atoms with van der Waals surface area (Å²) in [7, 11) is 0. The maximum atomic E-state index is 13.8. The van der Waals surface area contributed by atoms with Gasteiger partial charge in [-0.1, -0.05) is 31.2 Å². The van der Waals surface area contributed by atoms with Gasteiger partial charge < -0.3 is 25.5 Å². The van der Waals surface area contributed by atoms with Gasteiger partial charge in [-0.15, -0.1) is 0 Å². The topological polar surface area (TPSA) is 99.3 Å². The summed E-state index contributed by atoms with van der Waals surface area (Å²) in [4.78, 5) is 20.7. The van der Waals surface area contributed by atoms with Gasteiger partial charge in [-0.05, 0) is 60.7 Å². The van der Waals surface area contributed by atoms with Crippen LogP contribution in [0.5, 0.6) is 5.75 Å². The number of rotatable bonds is 14. The summed E-state index contributed by atoms with van der Waals surface area (Å²) < 4.78 is 33.2. The standard InChI is InChI=1S/C31H36F2N4O3/c1-3-20-6-5-7-21(12-20)18-34-19-29(38)28(15-22-13-23(32)16-24(33)14-22)37-31(39)11-10-30-35-26-9-8-25(40-4-2)17-27(26)36-30/h5-9,12-14,16-17,28-29,34,38H,3-4,10-11,15,18-19H2,1-2H3,(H,35,36)(H,37,39)/t28-,29+/m0/s1. The van der Waals surface area contributed by atoms with E-state index in [9.17, 15) is 18.7 Å². The lowest BCUT2D eigenvalue weighted by molar-refractivity contribution is -0.122. The number of hydrogen-bond donors (Lipinski definition) is 4. The van der Waals surface area contributed by atoms with E-state index in [1.165, 1.54) is 17.7 Å². The maximum Gasteiger partial charge on any atom is 0.220 e. The van der Waals surface area contributed by atoms with Gasteiger partial charge in [-0.2, -0.15) is 0 Å². The first kappa shape index (κ1) is 29.2. The van der Waals surface area contributed by atoms with E-state index in [1.807, 2.05) is 37.3 Å². The lowest BCUT2D eigenvalue weighted by Crippen LogP contribution is -2.48. The minimum atomic E-state index is -0.993. The zero-order chi connectivity index (χ0) is 28.5. The number of nitrogens with zero attached hydrogens (tertiary/aromatic N) is 1. The van der Waals surface area contributed by atoms with Crippen LogP contribution in [0.1, 0.15) is 42.8 Å². The highest BCUT2D eigenvalue weighted by atomic mass is 19.1. The van der Waals surface area contributed by atoms with E-state index < -0.39 is 23.8 Å². The zero-order valence-electron chi connectivity index (χ0n) is 22.8. The number of carbonyl (C=O) groups excluding carboxylic acids is 1. The van der Waals surface area contributed by atoms with Crippen LogP contribution >= 0.6 is 0 Å². The summed E-state index contributed by atoms with van der Waals surface area (Å²) in [6.45, 7) is 5.29. The molecule has 0 aliphatic heterocycles. The van der Waals surface area contributed by atoms with Crippen molar-refractivity contribution in [1.29, 1.82) is 0 Å². The highest BCUT2D eigenvalue weighted by molar-refractivity contribution is 5.78. The molecule has 3 aromatic carbocycles. The molecule has 1 heterocycles. The molecule has 212 valence electrons. The Bertz CT molecular complexity index is 1400. The van der Waals surface area contributed by atoms with Gasteiger partial charge in [0.25, 0.3) is 0 Å². The van der Waals surface area contributed by atoms with Crippen LogP contribution in [-0.2, 0) is 30.6 Å². The minimum Gasteiger partial charge on any atom is -0.494 e. The number of amides is 1. The third kappa shape index (κ3) is 8.34. The number of aromatic nitrogens is 2. The Balaban J connectivity index is 1.38. The SMILES string of the molecule is CCOc1ccc2nc(CCC(=O)N[C@@H](Cc3cc(F)cc(F)c3)[C@H](O)CNCc3cccc(CC)c3)[nH]c2c1. The van der Waals surface area contributed by atoms with Gasteiger partial charge in [0.05, 0.1) is 29.8 Å². The molecule has 4 aromatic rings. The molecular weight excluding hydrogens is 514 g/mol. The Morgan fingerprint density at radius 3 is 2.55 bits per heavy atom. The molecule has 0 fully saturated rings. The number of carbonyl (C=O) groups is 1. The number of ether oxygens (including phenoxy) is 1. The molecule has 2 atom stereocenters. The summed E-state index contributed by atoms with van der Waals surface area (Å²) >= 11 is 0. The monoisotopic (exact) mass is 550 g/mol. The normalized spacial score (nSPS) is 12.8. The van der Waals surface area contributed by atoms with Crippen molar-refractivity contribution in [3.8, 4) is 5.75 Å². The summed E-state index contributed by atoms with van der Waals surface area (Å²) in [5.41, 5.74) is 4.24. The van der Waals surface area contributed by atoms with Crippen LogP contribution in [0.3, 0.4) is 0 Å². The van der Waals surface area contributed by atoms with Gasteiger partial charge in [0.1, 0.15) is 23.2 Å². The molecule has 0 aliphatic rings. The highest BCUT2D eigenvalue weighted by Gasteiger charge is 2.22. The van der Waals surface area contributed by atoms with Crippen LogP contribution in [0.4, 0.5) is 8.78 Å². The van der Waals surface area contributed by atoms with Crippen molar-refractivity contribution < 1.29 is 23.4 Å². The van der Waals surface area contributed by atoms with Gasteiger partial charge in [0.15, 0.2) is 0 Å². The summed E-state index contributed by atoms with van der Waals surface area (Å²) in [6, 6.07) is 16.2. The number of aryl methyl sites for hydroxylation is 2. The predicted octanol–water partition coefficient (Wildman–Crippen LogP) is 4.61. The van der Waals surface area contributed by atoms with E-state index in [-0.39, 0.29) is 25.3 Å². The number of fused-ring (bicyclic) bond motifs is 1. The Labute approximate surface area is 233 Å². The van der Waals surface area contributed by atoms with Gasteiger partial charge in [0, 0.05) is 38.1 Å². The molecule has 9 heteroatoms. The first-order valence-corrected chi connectivity index (χ1v) is 13.6. The van der Waals surface area contributed by atoms with Crippen molar-refractivity contribution in [2.45, 2.75) is 58.2 Å². The van der Waals surface area contributed by atoms with E-state index in [0.29, 0.717) is 31.0 Å². The van der Waals surface area contributed by atoms with Gasteiger partial charge in [-0.3, -0.25) is 4.79 Å². The molecule has 7 nitrogen and oxygen atoms in total. The van der Waals surface area contributed by atoms with E-state index in [2.05, 4.69) is 39.7 Å². The highest BCUT2D eigenvalue weighted by Crippen LogP contribution is 2.20. The molecule has 1 aromatic heterocycles. The van der Waals surface area contributed by atoms with Gasteiger partial charge in [-0.25, -0.2) is 13.8 Å². The number of aliphatic hydroxyl groups is 1. The quantitative estimate of drug-likeness (QED) is 0.184. The summed E-state index contributed by atoms with van der Waals surface area (Å²) in [5, 5.41) is 17.1. The Morgan fingerprint density at radius 1 is 1.02 bits per heavy atom. The number of benzene rings is 3. The van der Waals surface area contributed by atoms with Crippen LogP contribution in [0, 0.1) is 11.6 Å². The lowest BCUT2D eigenvalue weighted by Gasteiger charge is -2.25. The lowest BCUT2D eigenvalue weighted by atomic mass is 10.00. The fourth-order valence-electron chi connectivity index (χ4n) is 4.66. The molecule has 40 heavy (non-hydrogen) atoms. The second kappa shape index (κ2) is 14.0. The molecule has 0 radical (unpaired) electrons. The number of halogens is 2. The van der Waals surface area contributed by atoms with Crippen LogP contribution in [0.25, 0.3) is 11.0 Å². The first-order chi connectivity index (χ1) is 19.3. The predicted molar refractivity (Wildman–Crippen MR) is 151 cm³/mol. The second-order valence-electron chi connectivity index (χ2n) is 9.82. The molecule has 4 N–H and O–H groups in total. The largest absolute Gasteiger partial charge is 0.494 e. The van der Waals surface area contributed by atoms with Crippen molar-refractivity contribution >= 4 is 16.9 Å². The minimum absolute atomic E-state index is 0.0689. The number of hydrogen-bond acceptors (Lipinski definition) is 5. The van der Waals surface area contributed by atoms with Crippen LogP contribution in [-0.4, -0.2) is 46.3 Å². The molecule has 0 saturated heterocycles. The van der Waals surface area contributed by atoms with Crippen molar-refractivity contribution in [3.63, 3.8) is 0 Å². The number of imidazole rings is 1. The Kier molecular flexibility index (Phi) is 10.2. The zero-order valence-corrected chi connectivity index (χ0v) is 22.8. The van der Waals surface area contributed by atoms with Gasteiger partial charge >= 0.3 is 0 Å². The van der Waals surface area contributed by atoms with Crippen molar-refractivity contribution in [1.82, 2.24) is 20.6 Å². The molecule has 0 aliphatic carbocycles. The molecule has 4 rings (SSSR count). The summed E-state index contributed by atoms with van der Waals surface area (Å²) in [5.74, 6) is -0.326. The van der Waals surface area contributed by atoms with E-state index in [0.717, 1.165) is 34.8 Å². The van der Waals surface area contributed by atoms with E-state index in [4.69, 9.17) is 4.74 Å². The van der Waals surface area contributed by atoms with Crippen LogP contribution in [0.2, 0.25) is 0 Å². The van der Waals surface area contributed by atoms with Gasteiger partial charge in [0.2, 0.25) is 5.91 Å². The second-order valence-corrected chi connectivity index (χ2v) is 9.82. The van der Waals surface area contributed by atoms with E-state index >= 15 is 0 Å². The average Bonchev–Trinajstić information content (AvgIpc) is 3.33. The molecule has 0 spiro atoms. The molecule has 0 unspecified atom stereocenters. The third-order valence-electron chi connectivity index (χ3n) is 6.67. The molecular formula is C31H36F2N4O3. The Hall–Kier alpha value is -3.82. The number of aromatic amines is 1. The van der Waals surface area contributed by atoms with Crippen molar-refractivity contribution in [2.24, 2.45) is 0 Å².